The van der Waals surface area contributed by atoms with Gasteiger partial charge in [-0.05, 0) is 61.0 Å². The van der Waals surface area contributed by atoms with Gasteiger partial charge in [0.1, 0.15) is 0 Å². The molecular formula is C22H19BrN6O. The Morgan fingerprint density at radius 2 is 1.77 bits per heavy atom. The van der Waals surface area contributed by atoms with E-state index in [4.69, 9.17) is 0 Å². The Morgan fingerprint density at radius 3 is 2.53 bits per heavy atom. The zero-order chi connectivity index (χ0) is 20.9. The van der Waals surface area contributed by atoms with Crippen LogP contribution in [0.15, 0.2) is 77.7 Å². The van der Waals surface area contributed by atoms with Gasteiger partial charge in [0, 0.05) is 39.5 Å². The molecule has 0 saturated carbocycles. The van der Waals surface area contributed by atoms with Crippen molar-refractivity contribution >= 4 is 45.0 Å². The summed E-state index contributed by atoms with van der Waals surface area (Å²) in [5.41, 5.74) is 5.05. The van der Waals surface area contributed by atoms with E-state index in [1.54, 1.807) is 18.6 Å². The first-order valence-corrected chi connectivity index (χ1v) is 10.0. The molecule has 0 unspecified atom stereocenters. The maximum absolute atomic E-state index is 12.3. The van der Waals surface area contributed by atoms with Crippen molar-refractivity contribution in [2.45, 2.75) is 6.92 Å². The van der Waals surface area contributed by atoms with Crippen LogP contribution in [0.5, 0.6) is 0 Å². The summed E-state index contributed by atoms with van der Waals surface area (Å²) in [4.78, 5) is 24.0. The number of urea groups is 1. The van der Waals surface area contributed by atoms with E-state index in [0.717, 1.165) is 27.0 Å². The van der Waals surface area contributed by atoms with Gasteiger partial charge in [-0.1, -0.05) is 22.0 Å². The molecule has 2 amide bonds. The number of nitrogens with one attached hydrogen (secondary N) is 4. The molecule has 2 heterocycles. The van der Waals surface area contributed by atoms with Crippen LogP contribution in [-0.4, -0.2) is 21.0 Å². The van der Waals surface area contributed by atoms with Crippen LogP contribution in [0.25, 0.3) is 11.3 Å². The monoisotopic (exact) mass is 462 g/mol. The van der Waals surface area contributed by atoms with Crippen LogP contribution >= 0.6 is 15.9 Å². The highest BCUT2D eigenvalue weighted by Crippen LogP contribution is 2.25. The third-order valence-corrected chi connectivity index (χ3v) is 4.93. The van der Waals surface area contributed by atoms with Crippen LogP contribution in [0.4, 0.5) is 27.8 Å². The SMILES string of the molecule is Cc1ccc(NC(=O)Nc2ccc(Br)cc2)cc1Nc1ncc(-c2cccnc2)[nH]1. The predicted octanol–water partition coefficient (Wildman–Crippen LogP) is 5.93. The first-order valence-electron chi connectivity index (χ1n) is 9.23. The number of benzene rings is 2. The van der Waals surface area contributed by atoms with Crippen LogP contribution in [0.2, 0.25) is 0 Å². The summed E-state index contributed by atoms with van der Waals surface area (Å²) in [5, 5.41) is 8.92. The quantitative estimate of drug-likeness (QED) is 0.295. The smallest absolute Gasteiger partial charge is 0.323 e. The molecule has 2 aromatic carbocycles. The number of imidazole rings is 1. The number of aryl methyl sites for hydroxylation is 1. The molecule has 0 saturated heterocycles. The first kappa shape index (κ1) is 19.7. The van der Waals surface area contributed by atoms with E-state index in [1.807, 2.05) is 61.5 Å². The van der Waals surface area contributed by atoms with Gasteiger partial charge in [-0.3, -0.25) is 4.98 Å². The van der Waals surface area contributed by atoms with E-state index in [0.29, 0.717) is 17.3 Å². The van der Waals surface area contributed by atoms with E-state index in [9.17, 15) is 4.79 Å². The number of amides is 2. The molecule has 7 nitrogen and oxygen atoms in total. The Bertz CT molecular complexity index is 1160. The lowest BCUT2D eigenvalue weighted by Gasteiger charge is -2.12. The van der Waals surface area contributed by atoms with Gasteiger partial charge < -0.3 is 20.9 Å². The van der Waals surface area contributed by atoms with Crippen molar-refractivity contribution in [3.8, 4) is 11.3 Å². The average Bonchev–Trinajstić information content (AvgIpc) is 3.21. The molecular weight excluding hydrogens is 444 g/mol. The first-order chi connectivity index (χ1) is 14.6. The molecule has 0 bridgehead atoms. The molecule has 4 aromatic rings. The van der Waals surface area contributed by atoms with Gasteiger partial charge in [0.2, 0.25) is 5.95 Å². The van der Waals surface area contributed by atoms with E-state index >= 15 is 0 Å². The minimum absolute atomic E-state index is 0.316. The summed E-state index contributed by atoms with van der Waals surface area (Å²) in [6.07, 6.45) is 5.26. The highest BCUT2D eigenvalue weighted by molar-refractivity contribution is 9.10. The lowest BCUT2D eigenvalue weighted by molar-refractivity contribution is 0.262. The number of aromatic amines is 1. The molecule has 0 aliphatic heterocycles. The standard InChI is InChI=1S/C22H19BrN6O/c1-14-4-7-18(27-22(30)26-17-8-5-16(23)6-9-17)11-19(14)28-21-25-13-20(29-21)15-3-2-10-24-12-15/h2-13H,1H3,(H2,25,28,29)(H2,26,27,30). The molecule has 0 spiro atoms. The Hall–Kier alpha value is -3.65. The summed E-state index contributed by atoms with van der Waals surface area (Å²) in [5.74, 6) is 0.605. The van der Waals surface area contributed by atoms with E-state index < -0.39 is 0 Å². The van der Waals surface area contributed by atoms with Crippen LogP contribution in [-0.2, 0) is 0 Å². The largest absolute Gasteiger partial charge is 0.325 e. The molecule has 8 heteroatoms. The van der Waals surface area contributed by atoms with Crippen LogP contribution < -0.4 is 16.0 Å². The zero-order valence-electron chi connectivity index (χ0n) is 16.1. The molecule has 4 N–H and O–H groups in total. The number of H-pyrrole nitrogens is 1. The second-order valence-corrected chi connectivity index (χ2v) is 7.54. The van der Waals surface area contributed by atoms with Gasteiger partial charge in [0.25, 0.3) is 0 Å². The van der Waals surface area contributed by atoms with Gasteiger partial charge >= 0.3 is 6.03 Å². The molecule has 0 radical (unpaired) electrons. The van der Waals surface area contributed by atoms with Gasteiger partial charge in [0.15, 0.2) is 0 Å². The average molecular weight is 463 g/mol. The molecule has 30 heavy (non-hydrogen) atoms. The second kappa shape index (κ2) is 8.79. The number of carbonyl (C=O) groups is 1. The van der Waals surface area contributed by atoms with Crippen LogP contribution in [0.1, 0.15) is 5.56 Å². The molecule has 2 aromatic heterocycles. The third kappa shape index (κ3) is 4.84. The highest BCUT2D eigenvalue weighted by Gasteiger charge is 2.08. The minimum Gasteiger partial charge on any atom is -0.325 e. The summed E-state index contributed by atoms with van der Waals surface area (Å²) in [6.45, 7) is 1.99. The van der Waals surface area contributed by atoms with Crippen molar-refractivity contribution in [1.82, 2.24) is 15.0 Å². The molecule has 4 rings (SSSR count). The minimum atomic E-state index is -0.316. The number of hydrogen-bond acceptors (Lipinski definition) is 4. The molecule has 0 aliphatic carbocycles. The van der Waals surface area contributed by atoms with Gasteiger partial charge in [-0.15, -0.1) is 0 Å². The van der Waals surface area contributed by atoms with Crippen LogP contribution in [0, 0.1) is 6.92 Å². The number of rotatable bonds is 5. The second-order valence-electron chi connectivity index (χ2n) is 6.63. The zero-order valence-corrected chi connectivity index (χ0v) is 17.7. The Labute approximate surface area is 182 Å². The Morgan fingerprint density at radius 1 is 1.00 bits per heavy atom. The number of hydrogen-bond donors (Lipinski definition) is 4. The van der Waals surface area contributed by atoms with E-state index in [1.165, 1.54) is 0 Å². The number of aromatic nitrogens is 3. The maximum Gasteiger partial charge on any atom is 0.323 e. The summed E-state index contributed by atoms with van der Waals surface area (Å²) in [7, 11) is 0. The molecule has 0 aliphatic rings. The Balaban J connectivity index is 1.45. The molecule has 0 fully saturated rings. The number of carbonyl (C=O) groups excluding carboxylic acids is 1. The number of halogens is 1. The maximum atomic E-state index is 12.3. The van der Waals surface area contributed by atoms with Crippen molar-refractivity contribution in [3.63, 3.8) is 0 Å². The van der Waals surface area contributed by atoms with Gasteiger partial charge in [-0.25, -0.2) is 9.78 Å². The normalized spacial score (nSPS) is 10.5. The fourth-order valence-electron chi connectivity index (χ4n) is 2.84. The lowest BCUT2D eigenvalue weighted by atomic mass is 10.2. The summed E-state index contributed by atoms with van der Waals surface area (Å²) in [6, 6.07) is 16.6. The number of pyridine rings is 1. The van der Waals surface area contributed by atoms with Crippen LogP contribution in [0.3, 0.4) is 0 Å². The van der Waals surface area contributed by atoms with Crippen molar-refractivity contribution in [1.29, 1.82) is 0 Å². The fourth-order valence-corrected chi connectivity index (χ4v) is 3.11. The van der Waals surface area contributed by atoms with Crippen molar-refractivity contribution < 1.29 is 4.79 Å². The predicted molar refractivity (Wildman–Crippen MR) is 123 cm³/mol. The van der Waals surface area contributed by atoms with E-state index in [2.05, 4.69) is 46.8 Å². The number of anilines is 4. The number of nitrogens with zero attached hydrogens (tertiary/aromatic N) is 2. The summed E-state index contributed by atoms with van der Waals surface area (Å²) >= 11 is 3.38. The fraction of sp³-hybridized carbons (Fsp3) is 0.0455. The highest BCUT2D eigenvalue weighted by atomic mass is 79.9. The van der Waals surface area contributed by atoms with Gasteiger partial charge in [0.05, 0.1) is 11.9 Å². The summed E-state index contributed by atoms with van der Waals surface area (Å²) < 4.78 is 0.951. The molecule has 150 valence electrons. The lowest BCUT2D eigenvalue weighted by Crippen LogP contribution is -2.19. The van der Waals surface area contributed by atoms with Crippen molar-refractivity contribution in [3.05, 3.63) is 83.2 Å². The third-order valence-electron chi connectivity index (χ3n) is 4.40. The molecule has 0 atom stereocenters. The topological polar surface area (TPSA) is 94.7 Å². The van der Waals surface area contributed by atoms with E-state index in [-0.39, 0.29) is 6.03 Å². The van der Waals surface area contributed by atoms with Crippen molar-refractivity contribution in [2.24, 2.45) is 0 Å². The van der Waals surface area contributed by atoms with Crippen molar-refractivity contribution in [2.75, 3.05) is 16.0 Å². The van der Waals surface area contributed by atoms with Gasteiger partial charge in [-0.2, -0.15) is 0 Å². The Kier molecular flexibility index (Phi) is 5.76.